The minimum atomic E-state index is -1.75. The molecule has 1 aromatic carbocycles. The molecule has 0 aliphatic heterocycles. The number of benzene rings is 1. The minimum Gasteiger partial charge on any atom is -0.415 e. The molecule has 34 heavy (non-hydrogen) atoms. The predicted molar refractivity (Wildman–Crippen MR) is 148 cm³/mol. The number of amides is 2. The molecule has 10 heteroatoms. The largest absolute Gasteiger partial charge is 0.415 e. The summed E-state index contributed by atoms with van der Waals surface area (Å²) in [6.45, 7) is 12.5. The number of anilines is 3. The summed E-state index contributed by atoms with van der Waals surface area (Å²) in [7, 11) is -1.75. The van der Waals surface area contributed by atoms with Crippen molar-refractivity contribution in [2.75, 3.05) is 29.1 Å². The van der Waals surface area contributed by atoms with E-state index < -0.39 is 8.32 Å². The lowest BCUT2D eigenvalue weighted by molar-refractivity contribution is 0.102. The molecule has 2 heterocycles. The highest BCUT2D eigenvalue weighted by Crippen LogP contribution is 2.36. The van der Waals surface area contributed by atoms with E-state index in [1.807, 2.05) is 24.3 Å². The topological polar surface area (TPSA) is 79.5 Å². The van der Waals surface area contributed by atoms with Crippen LogP contribution in [0.4, 0.5) is 17.1 Å². The van der Waals surface area contributed by atoms with Crippen LogP contribution in [0.25, 0.3) is 0 Å². The third-order valence-electron chi connectivity index (χ3n) is 5.79. The molecule has 0 saturated carbocycles. The van der Waals surface area contributed by atoms with Gasteiger partial charge in [0.2, 0.25) is 0 Å². The highest BCUT2D eigenvalue weighted by molar-refractivity contribution is 7.18. The molecule has 6 nitrogen and oxygen atoms in total. The van der Waals surface area contributed by atoms with Gasteiger partial charge in [-0.3, -0.25) is 9.59 Å². The lowest BCUT2D eigenvalue weighted by Gasteiger charge is -2.36. The van der Waals surface area contributed by atoms with Crippen LogP contribution in [0.1, 0.15) is 40.8 Å². The Morgan fingerprint density at radius 3 is 2.26 bits per heavy atom. The molecule has 0 unspecified atom stereocenters. The molecule has 0 bridgehead atoms. The van der Waals surface area contributed by atoms with Crippen LogP contribution in [0.3, 0.4) is 0 Å². The Morgan fingerprint density at radius 2 is 1.65 bits per heavy atom. The Bertz CT molecular complexity index is 1140. The average molecular weight is 536 g/mol. The average Bonchev–Trinajstić information content (AvgIpc) is 3.40. The van der Waals surface area contributed by atoms with Gasteiger partial charge in [-0.05, 0) is 54.5 Å². The number of carbonyl (C=O) groups is 2. The van der Waals surface area contributed by atoms with E-state index in [0.29, 0.717) is 39.3 Å². The van der Waals surface area contributed by atoms with Gasteiger partial charge in [0.25, 0.3) is 11.8 Å². The maximum absolute atomic E-state index is 12.8. The van der Waals surface area contributed by atoms with Gasteiger partial charge in [-0.25, -0.2) is 0 Å². The summed E-state index contributed by atoms with van der Waals surface area (Å²) >= 11 is 8.44. The van der Waals surface area contributed by atoms with Crippen molar-refractivity contribution in [1.82, 2.24) is 0 Å². The number of carbonyl (C=O) groups excluding carboxylic acids is 2. The fraction of sp³-hybridized carbons (Fsp3) is 0.333. The van der Waals surface area contributed by atoms with Gasteiger partial charge in [0.05, 0.1) is 27.1 Å². The molecule has 3 aromatic rings. The summed E-state index contributed by atoms with van der Waals surface area (Å²) in [5.41, 5.74) is 2.50. The number of thiophene rings is 2. The van der Waals surface area contributed by atoms with Gasteiger partial charge < -0.3 is 20.4 Å². The first kappa shape index (κ1) is 26.4. The van der Waals surface area contributed by atoms with E-state index in [1.54, 1.807) is 22.9 Å². The van der Waals surface area contributed by atoms with Gasteiger partial charge in [0.1, 0.15) is 0 Å². The van der Waals surface area contributed by atoms with Gasteiger partial charge in [0.15, 0.2) is 8.32 Å². The molecule has 0 radical (unpaired) electrons. The van der Waals surface area contributed by atoms with Crippen molar-refractivity contribution in [2.45, 2.75) is 38.9 Å². The van der Waals surface area contributed by atoms with Crippen molar-refractivity contribution < 1.29 is 14.0 Å². The molecule has 0 aliphatic rings. The van der Waals surface area contributed by atoms with Crippen LogP contribution in [-0.4, -0.2) is 33.3 Å². The maximum Gasteiger partial charge on any atom is 0.265 e. The molecule has 2 amide bonds. The van der Waals surface area contributed by atoms with Crippen molar-refractivity contribution in [2.24, 2.45) is 0 Å². The van der Waals surface area contributed by atoms with Crippen molar-refractivity contribution >= 4 is 71.5 Å². The third kappa shape index (κ3) is 6.92. The fourth-order valence-electron chi connectivity index (χ4n) is 2.78. The zero-order valence-corrected chi connectivity index (χ0v) is 23.3. The Balaban J connectivity index is 1.52. The first-order valence-corrected chi connectivity index (χ1v) is 15.9. The molecule has 2 aromatic heterocycles. The molecule has 3 rings (SSSR count). The fourth-order valence-corrected chi connectivity index (χ4v) is 5.52. The smallest absolute Gasteiger partial charge is 0.265 e. The van der Waals surface area contributed by atoms with E-state index in [4.69, 9.17) is 16.0 Å². The summed E-state index contributed by atoms with van der Waals surface area (Å²) in [6.07, 6.45) is 0. The zero-order chi connectivity index (χ0) is 24.9. The molecular formula is C24H30ClN3O3S2Si. The summed E-state index contributed by atoms with van der Waals surface area (Å²) in [5.74, 6) is -0.582. The Hall–Kier alpha value is -2.17. The van der Waals surface area contributed by atoms with Gasteiger partial charge in [-0.15, -0.1) is 22.7 Å². The van der Waals surface area contributed by atoms with Crippen LogP contribution in [0.2, 0.25) is 22.5 Å². The van der Waals surface area contributed by atoms with Gasteiger partial charge >= 0.3 is 0 Å². The van der Waals surface area contributed by atoms with Crippen LogP contribution in [0.5, 0.6) is 0 Å². The van der Waals surface area contributed by atoms with Crippen LogP contribution < -0.4 is 16.0 Å². The molecular weight excluding hydrogens is 506 g/mol. The molecule has 3 N–H and O–H groups in total. The molecule has 182 valence electrons. The number of nitrogens with one attached hydrogen (secondary N) is 3. The highest BCUT2D eigenvalue weighted by Gasteiger charge is 2.36. The monoisotopic (exact) mass is 535 g/mol. The van der Waals surface area contributed by atoms with Crippen LogP contribution in [-0.2, 0) is 4.43 Å². The van der Waals surface area contributed by atoms with Crippen LogP contribution in [0.15, 0.2) is 47.2 Å². The summed E-state index contributed by atoms with van der Waals surface area (Å²) in [5, 5.41) is 12.7. The van der Waals surface area contributed by atoms with Crippen molar-refractivity contribution in [3.8, 4) is 0 Å². The molecule has 0 fully saturated rings. The minimum absolute atomic E-state index is 0.190. The highest BCUT2D eigenvalue weighted by atomic mass is 35.5. The molecule has 0 spiro atoms. The first-order chi connectivity index (χ1) is 16.0. The summed E-state index contributed by atoms with van der Waals surface area (Å²) < 4.78 is 6.72. The predicted octanol–water partition coefficient (Wildman–Crippen LogP) is 7.40. The van der Waals surface area contributed by atoms with Crippen molar-refractivity contribution in [3.63, 3.8) is 0 Å². The number of hydrogen-bond acceptors (Lipinski definition) is 6. The second kappa shape index (κ2) is 11.0. The second-order valence-corrected chi connectivity index (χ2v) is 16.6. The Morgan fingerprint density at radius 1 is 0.971 bits per heavy atom. The van der Waals surface area contributed by atoms with Gasteiger partial charge in [-0.2, -0.15) is 0 Å². The first-order valence-electron chi connectivity index (χ1n) is 10.9. The van der Waals surface area contributed by atoms with E-state index in [1.165, 1.54) is 22.7 Å². The molecule has 0 saturated heterocycles. The van der Waals surface area contributed by atoms with E-state index in [2.05, 4.69) is 49.8 Å². The second-order valence-electron chi connectivity index (χ2n) is 9.32. The maximum atomic E-state index is 12.8. The number of rotatable bonds is 9. The van der Waals surface area contributed by atoms with Crippen molar-refractivity contribution in [3.05, 3.63) is 61.9 Å². The summed E-state index contributed by atoms with van der Waals surface area (Å²) in [4.78, 5) is 25.7. The number of halogens is 1. The molecule has 0 atom stereocenters. The lowest BCUT2D eigenvalue weighted by Crippen LogP contribution is -2.41. The summed E-state index contributed by atoms with van der Waals surface area (Å²) in [6, 6.07) is 10.8. The molecule has 0 aliphatic carbocycles. The van der Waals surface area contributed by atoms with Crippen molar-refractivity contribution in [1.29, 1.82) is 0 Å². The standard InChI is InChI=1S/C24H30ClN3O3S2Si/c1-24(2,3)34(4,5)31-13-12-26-16-6-8-17(9-7-16)27-22(29)18-14-32-15-19(18)28-23(30)20-10-11-21(25)33-20/h6-11,14-15,26H,12-13H2,1-5H3,(H,27,29)(H,28,30). The Kier molecular flexibility index (Phi) is 8.59. The zero-order valence-electron chi connectivity index (χ0n) is 20.0. The van der Waals surface area contributed by atoms with Gasteiger partial charge in [0, 0.05) is 28.7 Å². The number of hydrogen-bond donors (Lipinski definition) is 3. The Labute approximate surface area is 214 Å². The van der Waals surface area contributed by atoms with E-state index >= 15 is 0 Å². The van der Waals surface area contributed by atoms with Crippen LogP contribution in [0, 0.1) is 0 Å². The van der Waals surface area contributed by atoms with E-state index in [9.17, 15) is 9.59 Å². The van der Waals surface area contributed by atoms with E-state index in [-0.39, 0.29) is 16.9 Å². The van der Waals surface area contributed by atoms with Crippen LogP contribution >= 0.6 is 34.3 Å². The normalized spacial score (nSPS) is 11.8. The van der Waals surface area contributed by atoms with Gasteiger partial charge in [-0.1, -0.05) is 32.4 Å². The quantitative estimate of drug-likeness (QED) is 0.197. The lowest BCUT2D eigenvalue weighted by atomic mass is 10.2. The SMILES string of the molecule is CC(C)(C)[Si](C)(C)OCCNc1ccc(NC(=O)c2cscc2NC(=O)c2ccc(Cl)s2)cc1. The third-order valence-corrected chi connectivity index (χ3v) is 12.3. The van der Waals surface area contributed by atoms with E-state index in [0.717, 1.165) is 5.69 Å².